The fourth-order valence-electron chi connectivity index (χ4n) is 3.16. The minimum Gasteiger partial charge on any atom is -0.324 e. The molecule has 1 fully saturated rings. The van der Waals surface area contributed by atoms with Crippen LogP contribution in [0.5, 0.6) is 0 Å². The van der Waals surface area contributed by atoms with E-state index < -0.39 is 6.04 Å². The van der Waals surface area contributed by atoms with Gasteiger partial charge in [0, 0.05) is 22.4 Å². The number of thiazole rings is 1. The van der Waals surface area contributed by atoms with E-state index in [2.05, 4.69) is 10.3 Å². The largest absolute Gasteiger partial charge is 0.324 e. The highest BCUT2D eigenvalue weighted by Crippen LogP contribution is 2.30. The van der Waals surface area contributed by atoms with E-state index in [1.54, 1.807) is 40.9 Å². The first-order valence-electron chi connectivity index (χ1n) is 9.42. The van der Waals surface area contributed by atoms with Crippen LogP contribution in [0, 0.1) is 11.3 Å². The predicted octanol–water partition coefficient (Wildman–Crippen LogP) is 4.42. The molecule has 3 aromatic rings. The molecule has 6 nitrogen and oxygen atoms in total. The van der Waals surface area contributed by atoms with E-state index in [9.17, 15) is 9.59 Å². The van der Waals surface area contributed by atoms with Gasteiger partial charge in [-0.2, -0.15) is 5.26 Å². The van der Waals surface area contributed by atoms with Crippen molar-refractivity contribution >= 4 is 52.2 Å². The zero-order valence-electron chi connectivity index (χ0n) is 16.2. The third kappa shape index (κ3) is 4.90. The second kappa shape index (κ2) is 9.52. The summed E-state index contributed by atoms with van der Waals surface area (Å²) >= 11 is 9.23. The van der Waals surface area contributed by atoms with Crippen LogP contribution < -0.4 is 5.32 Å². The summed E-state index contributed by atoms with van der Waals surface area (Å²) in [5.74, 6) is 0.626. The Kier molecular flexibility index (Phi) is 6.56. The first kappa shape index (κ1) is 21.4. The number of halogens is 1. The molecule has 2 amide bonds. The monoisotopic (exact) mass is 468 g/mol. The van der Waals surface area contributed by atoms with Gasteiger partial charge in [0.15, 0.2) is 0 Å². The molecule has 9 heteroatoms. The Morgan fingerprint density at radius 3 is 2.74 bits per heavy atom. The Labute approximate surface area is 192 Å². The number of hydrogen-bond donors (Lipinski definition) is 1. The molecule has 2 heterocycles. The Balaban J connectivity index is 1.41. The second-order valence-electron chi connectivity index (χ2n) is 6.86. The molecule has 1 saturated heterocycles. The van der Waals surface area contributed by atoms with Crippen LogP contribution in [-0.2, 0) is 16.0 Å². The van der Waals surface area contributed by atoms with Crippen molar-refractivity contribution in [1.29, 1.82) is 5.26 Å². The lowest BCUT2D eigenvalue weighted by Crippen LogP contribution is -2.45. The van der Waals surface area contributed by atoms with Crippen molar-refractivity contribution < 1.29 is 9.59 Å². The molecule has 4 rings (SSSR count). The highest BCUT2D eigenvalue weighted by Gasteiger charge is 2.34. The van der Waals surface area contributed by atoms with Crippen molar-refractivity contribution in [3.8, 4) is 16.6 Å². The molecule has 2 aromatic carbocycles. The average molecular weight is 469 g/mol. The zero-order valence-corrected chi connectivity index (χ0v) is 18.6. The minimum atomic E-state index is -0.546. The van der Waals surface area contributed by atoms with Gasteiger partial charge in [-0.15, -0.1) is 23.1 Å². The van der Waals surface area contributed by atoms with Gasteiger partial charge in [-0.25, -0.2) is 4.98 Å². The molecule has 1 aliphatic heterocycles. The number of nitrogens with zero attached hydrogens (tertiary/aromatic N) is 3. The van der Waals surface area contributed by atoms with Crippen molar-refractivity contribution in [1.82, 2.24) is 9.88 Å². The Hall–Kier alpha value is -2.86. The van der Waals surface area contributed by atoms with E-state index in [4.69, 9.17) is 16.9 Å². The van der Waals surface area contributed by atoms with Gasteiger partial charge in [-0.1, -0.05) is 29.8 Å². The van der Waals surface area contributed by atoms with Crippen LogP contribution in [0.15, 0.2) is 53.9 Å². The van der Waals surface area contributed by atoms with Gasteiger partial charge < -0.3 is 10.2 Å². The van der Waals surface area contributed by atoms with Crippen LogP contribution in [0.2, 0.25) is 5.02 Å². The zero-order chi connectivity index (χ0) is 21.8. The number of carbonyl (C=O) groups is 2. The lowest BCUT2D eigenvalue weighted by molar-refractivity contribution is -0.135. The molecular weight excluding hydrogens is 452 g/mol. The highest BCUT2D eigenvalue weighted by atomic mass is 35.5. The van der Waals surface area contributed by atoms with Gasteiger partial charge in [0.1, 0.15) is 11.0 Å². The Morgan fingerprint density at radius 2 is 2.00 bits per heavy atom. The smallest absolute Gasteiger partial charge is 0.248 e. The number of carbonyl (C=O) groups excluding carboxylic acids is 2. The summed E-state index contributed by atoms with van der Waals surface area (Å²) < 4.78 is 0. The van der Waals surface area contributed by atoms with Crippen LogP contribution in [0.3, 0.4) is 0 Å². The first-order valence-corrected chi connectivity index (χ1v) is 11.8. The van der Waals surface area contributed by atoms with Crippen LogP contribution in [0.1, 0.15) is 11.3 Å². The van der Waals surface area contributed by atoms with Crippen LogP contribution in [0.25, 0.3) is 10.6 Å². The Bertz CT molecular complexity index is 1160. The predicted molar refractivity (Wildman–Crippen MR) is 124 cm³/mol. The summed E-state index contributed by atoms with van der Waals surface area (Å²) in [6.07, 6.45) is 0.127. The summed E-state index contributed by atoms with van der Waals surface area (Å²) in [4.78, 5) is 31.8. The van der Waals surface area contributed by atoms with Crippen molar-refractivity contribution in [3.63, 3.8) is 0 Å². The normalized spacial score (nSPS) is 15.5. The van der Waals surface area contributed by atoms with E-state index in [1.165, 1.54) is 11.3 Å². The van der Waals surface area contributed by atoms with Crippen molar-refractivity contribution in [2.24, 2.45) is 0 Å². The Morgan fingerprint density at radius 1 is 1.23 bits per heavy atom. The quantitative estimate of drug-likeness (QED) is 0.599. The number of anilines is 1. The van der Waals surface area contributed by atoms with Crippen molar-refractivity contribution in [2.75, 3.05) is 16.9 Å². The molecule has 31 heavy (non-hydrogen) atoms. The topological polar surface area (TPSA) is 86.1 Å². The van der Waals surface area contributed by atoms with E-state index in [1.807, 2.05) is 35.7 Å². The van der Waals surface area contributed by atoms with Gasteiger partial charge in [0.05, 0.1) is 34.6 Å². The number of benzene rings is 2. The number of nitriles is 1. The average Bonchev–Trinajstić information content (AvgIpc) is 3.44. The molecule has 1 aromatic heterocycles. The molecule has 0 spiro atoms. The summed E-state index contributed by atoms with van der Waals surface area (Å²) in [7, 11) is 0. The van der Waals surface area contributed by atoms with E-state index in [0.29, 0.717) is 33.6 Å². The lowest BCUT2D eigenvalue weighted by Gasteiger charge is -2.22. The molecule has 0 saturated carbocycles. The summed E-state index contributed by atoms with van der Waals surface area (Å²) in [6.45, 7) is 0. The maximum Gasteiger partial charge on any atom is 0.248 e. The maximum absolute atomic E-state index is 12.9. The summed E-state index contributed by atoms with van der Waals surface area (Å²) in [5, 5.41) is 14.9. The van der Waals surface area contributed by atoms with E-state index in [-0.39, 0.29) is 18.2 Å². The highest BCUT2D eigenvalue weighted by molar-refractivity contribution is 7.99. The fraction of sp³-hybridized carbons (Fsp3) is 0.182. The van der Waals surface area contributed by atoms with Crippen LogP contribution in [0.4, 0.5) is 5.69 Å². The first-order chi connectivity index (χ1) is 15.0. The van der Waals surface area contributed by atoms with Crippen LogP contribution >= 0.6 is 34.7 Å². The number of hydrogen-bond acceptors (Lipinski definition) is 6. The molecule has 1 N–H and O–H groups in total. The number of amides is 2. The third-order valence-electron chi connectivity index (χ3n) is 4.78. The molecule has 1 atom stereocenters. The van der Waals surface area contributed by atoms with Crippen LogP contribution in [-0.4, -0.2) is 39.4 Å². The maximum atomic E-state index is 12.9. The second-order valence-corrected chi connectivity index (χ2v) is 9.12. The lowest BCUT2D eigenvalue weighted by atomic mass is 10.2. The van der Waals surface area contributed by atoms with Gasteiger partial charge in [0.25, 0.3) is 0 Å². The molecule has 156 valence electrons. The standard InChI is InChI=1S/C22H17ClN4O2S2/c23-18-4-2-1-3-17(18)22-26-16(11-31-22)9-20(28)27-13-30-12-19(27)21(29)25-15-7-5-14(10-24)6-8-15/h1-8,11,19H,9,12-13H2,(H,25,29). The van der Waals surface area contributed by atoms with Gasteiger partial charge in [-0.3, -0.25) is 9.59 Å². The molecule has 1 aliphatic rings. The summed E-state index contributed by atoms with van der Waals surface area (Å²) in [6, 6.07) is 15.6. The molecule has 0 aliphatic carbocycles. The number of rotatable bonds is 5. The van der Waals surface area contributed by atoms with Gasteiger partial charge in [0.2, 0.25) is 11.8 Å². The van der Waals surface area contributed by atoms with Gasteiger partial charge >= 0.3 is 0 Å². The number of thioether (sulfide) groups is 1. The van der Waals surface area contributed by atoms with Gasteiger partial charge in [-0.05, 0) is 30.3 Å². The molecule has 0 bridgehead atoms. The number of nitrogens with one attached hydrogen (secondary N) is 1. The summed E-state index contributed by atoms with van der Waals surface area (Å²) in [5.41, 5.74) is 2.61. The molecular formula is C22H17ClN4O2S2. The van der Waals surface area contributed by atoms with Crippen molar-refractivity contribution in [3.05, 3.63) is 70.2 Å². The van der Waals surface area contributed by atoms with E-state index >= 15 is 0 Å². The fourth-order valence-corrected chi connectivity index (χ4v) is 5.48. The molecule has 1 unspecified atom stereocenters. The van der Waals surface area contributed by atoms with E-state index in [0.717, 1.165) is 10.6 Å². The molecule has 0 radical (unpaired) electrons. The third-order valence-corrected chi connectivity index (χ3v) is 7.04. The minimum absolute atomic E-state index is 0.127. The SMILES string of the molecule is N#Cc1ccc(NC(=O)C2CSCN2C(=O)Cc2csc(-c3ccccc3Cl)n2)cc1. The van der Waals surface area contributed by atoms with Crippen molar-refractivity contribution in [2.45, 2.75) is 12.5 Å². The number of aromatic nitrogens is 1.